The lowest BCUT2D eigenvalue weighted by molar-refractivity contribution is 0.154. The zero-order chi connectivity index (χ0) is 13.7. The van der Waals surface area contributed by atoms with Crippen molar-refractivity contribution in [2.45, 2.75) is 50.7 Å². The Hall–Kier alpha value is -1.06. The van der Waals surface area contributed by atoms with E-state index in [4.69, 9.17) is 4.74 Å². The summed E-state index contributed by atoms with van der Waals surface area (Å²) in [6, 6.07) is 8.90. The fraction of sp³-hybridized carbons (Fsp3) is 0.625. The Kier molecular flexibility index (Phi) is 5.23. The van der Waals surface area contributed by atoms with Crippen LogP contribution in [-0.4, -0.2) is 30.9 Å². The van der Waals surface area contributed by atoms with Gasteiger partial charge in [-0.3, -0.25) is 0 Å². The van der Waals surface area contributed by atoms with Crippen LogP contribution in [0.3, 0.4) is 0 Å². The summed E-state index contributed by atoms with van der Waals surface area (Å²) in [6.07, 6.45) is 3.88. The molecule has 0 radical (unpaired) electrons. The smallest absolute Gasteiger partial charge is 0.122 e. The van der Waals surface area contributed by atoms with Gasteiger partial charge in [0.15, 0.2) is 0 Å². The molecule has 1 aromatic carbocycles. The maximum Gasteiger partial charge on any atom is 0.122 e. The highest BCUT2D eigenvalue weighted by Gasteiger charge is 2.31. The van der Waals surface area contributed by atoms with Gasteiger partial charge in [0.25, 0.3) is 0 Å². The topological polar surface area (TPSA) is 41.5 Å². The Bertz CT molecular complexity index is 388. The Balaban J connectivity index is 1.74. The monoisotopic (exact) mass is 263 g/mol. The minimum absolute atomic E-state index is 0.155. The van der Waals surface area contributed by atoms with Gasteiger partial charge >= 0.3 is 0 Å². The highest BCUT2D eigenvalue weighted by atomic mass is 16.5. The molecule has 1 fully saturated rings. The summed E-state index contributed by atoms with van der Waals surface area (Å²) in [5, 5.41) is 13.0. The van der Waals surface area contributed by atoms with Crippen LogP contribution in [0.4, 0.5) is 0 Å². The molecule has 1 aliphatic rings. The van der Waals surface area contributed by atoms with Crippen LogP contribution in [0.15, 0.2) is 24.3 Å². The van der Waals surface area contributed by atoms with E-state index >= 15 is 0 Å². The van der Waals surface area contributed by atoms with Crippen molar-refractivity contribution in [3.05, 3.63) is 29.8 Å². The number of rotatable bonds is 7. The number of nitrogens with one attached hydrogen (secondary N) is 1. The molecule has 1 aromatic rings. The minimum atomic E-state index is -0.155. The molecule has 1 aliphatic carbocycles. The first-order valence-corrected chi connectivity index (χ1v) is 7.29. The van der Waals surface area contributed by atoms with Crippen LogP contribution in [0, 0.1) is 0 Å². The predicted molar refractivity (Wildman–Crippen MR) is 77.7 cm³/mol. The van der Waals surface area contributed by atoms with Crippen LogP contribution < -0.4 is 10.1 Å². The van der Waals surface area contributed by atoms with Gasteiger partial charge in [0.2, 0.25) is 0 Å². The third kappa shape index (κ3) is 3.71. The van der Waals surface area contributed by atoms with Gasteiger partial charge in [0.1, 0.15) is 5.75 Å². The van der Waals surface area contributed by atoms with E-state index in [9.17, 15) is 5.11 Å². The van der Waals surface area contributed by atoms with Crippen molar-refractivity contribution >= 4 is 0 Å². The average molecular weight is 263 g/mol. The van der Waals surface area contributed by atoms with Crippen molar-refractivity contribution < 1.29 is 9.84 Å². The summed E-state index contributed by atoms with van der Waals surface area (Å²) in [4.78, 5) is 0. The minimum Gasteiger partial charge on any atom is -0.496 e. The molecule has 0 bridgehead atoms. The van der Waals surface area contributed by atoms with Crippen molar-refractivity contribution in [2.75, 3.05) is 13.7 Å². The lowest BCUT2D eigenvalue weighted by Gasteiger charge is -2.37. The predicted octanol–water partition coefficient (Wildman–Crippen LogP) is 2.69. The summed E-state index contributed by atoms with van der Waals surface area (Å²) < 4.78 is 5.41. The van der Waals surface area contributed by atoms with E-state index in [1.54, 1.807) is 7.11 Å². The lowest BCUT2D eigenvalue weighted by atomic mass is 9.75. The molecule has 3 heteroatoms. The van der Waals surface area contributed by atoms with Crippen molar-refractivity contribution in [3.8, 4) is 5.75 Å². The summed E-state index contributed by atoms with van der Waals surface area (Å²) in [5.41, 5.74) is 1.33. The molecule has 19 heavy (non-hydrogen) atoms. The molecule has 1 unspecified atom stereocenters. The molecule has 3 nitrogen and oxygen atoms in total. The average Bonchev–Trinajstić information content (AvgIpc) is 2.41. The molecule has 0 spiro atoms. The van der Waals surface area contributed by atoms with Crippen LogP contribution >= 0.6 is 0 Å². The van der Waals surface area contributed by atoms with E-state index in [-0.39, 0.29) is 6.10 Å². The SMILES string of the molecule is CCC(O)CCNC1CC(c2ccccc2OC)C1. The first kappa shape index (κ1) is 14.4. The number of benzene rings is 1. The molecule has 2 rings (SSSR count). The van der Waals surface area contributed by atoms with E-state index in [2.05, 4.69) is 17.4 Å². The van der Waals surface area contributed by atoms with Crippen LogP contribution in [0.1, 0.15) is 44.1 Å². The van der Waals surface area contributed by atoms with E-state index in [1.165, 1.54) is 18.4 Å². The fourth-order valence-electron chi connectivity index (χ4n) is 2.70. The first-order chi connectivity index (χ1) is 9.24. The fourth-order valence-corrected chi connectivity index (χ4v) is 2.70. The highest BCUT2D eigenvalue weighted by Crippen LogP contribution is 2.40. The molecular weight excluding hydrogens is 238 g/mol. The van der Waals surface area contributed by atoms with Crippen LogP contribution in [0.2, 0.25) is 0 Å². The second kappa shape index (κ2) is 6.92. The molecule has 0 aliphatic heterocycles. The van der Waals surface area contributed by atoms with Crippen molar-refractivity contribution in [3.63, 3.8) is 0 Å². The van der Waals surface area contributed by atoms with E-state index < -0.39 is 0 Å². The molecule has 0 saturated heterocycles. The van der Waals surface area contributed by atoms with Crippen molar-refractivity contribution in [1.29, 1.82) is 0 Å². The van der Waals surface area contributed by atoms with Crippen molar-refractivity contribution in [1.82, 2.24) is 5.32 Å². The van der Waals surface area contributed by atoms with Gasteiger partial charge in [-0.1, -0.05) is 25.1 Å². The second-order valence-corrected chi connectivity index (χ2v) is 5.41. The van der Waals surface area contributed by atoms with Gasteiger partial charge in [-0.15, -0.1) is 0 Å². The number of hydrogen-bond acceptors (Lipinski definition) is 3. The first-order valence-electron chi connectivity index (χ1n) is 7.29. The Morgan fingerprint density at radius 1 is 1.37 bits per heavy atom. The third-order valence-corrected chi connectivity index (χ3v) is 4.10. The summed E-state index contributed by atoms with van der Waals surface area (Å²) in [5.74, 6) is 1.62. The summed E-state index contributed by atoms with van der Waals surface area (Å²) in [7, 11) is 1.74. The maximum absolute atomic E-state index is 9.50. The molecule has 0 heterocycles. The number of aliphatic hydroxyl groups excluding tert-OH is 1. The number of hydrogen-bond donors (Lipinski definition) is 2. The Morgan fingerprint density at radius 3 is 2.79 bits per heavy atom. The van der Waals surface area contributed by atoms with Crippen LogP contribution in [0.25, 0.3) is 0 Å². The molecule has 1 saturated carbocycles. The second-order valence-electron chi connectivity index (χ2n) is 5.41. The Labute approximate surface area is 116 Å². The van der Waals surface area contributed by atoms with Gasteiger partial charge in [-0.25, -0.2) is 0 Å². The molecule has 106 valence electrons. The molecule has 1 atom stereocenters. The molecule has 2 N–H and O–H groups in total. The van der Waals surface area contributed by atoms with E-state index in [0.717, 1.165) is 25.1 Å². The standard InChI is InChI=1S/C16H25NO2/c1-3-14(18)8-9-17-13-10-12(11-13)15-6-4-5-7-16(15)19-2/h4-7,12-14,17-18H,3,8-11H2,1-2H3. The number of methoxy groups -OCH3 is 1. The highest BCUT2D eigenvalue weighted by molar-refractivity contribution is 5.37. The van der Waals surface area contributed by atoms with Crippen molar-refractivity contribution in [2.24, 2.45) is 0 Å². The van der Waals surface area contributed by atoms with Crippen LogP contribution in [-0.2, 0) is 0 Å². The lowest BCUT2D eigenvalue weighted by Crippen LogP contribution is -2.41. The molecule has 0 amide bonds. The van der Waals surface area contributed by atoms with Gasteiger partial charge in [0, 0.05) is 6.04 Å². The largest absolute Gasteiger partial charge is 0.496 e. The third-order valence-electron chi connectivity index (χ3n) is 4.10. The van der Waals surface area contributed by atoms with Crippen LogP contribution in [0.5, 0.6) is 5.75 Å². The Morgan fingerprint density at radius 2 is 2.11 bits per heavy atom. The quantitative estimate of drug-likeness (QED) is 0.794. The van der Waals surface area contributed by atoms with Gasteiger partial charge in [0.05, 0.1) is 13.2 Å². The van der Waals surface area contributed by atoms with E-state index in [0.29, 0.717) is 12.0 Å². The number of ether oxygens (including phenoxy) is 1. The molecular formula is C16H25NO2. The van der Waals surface area contributed by atoms with Gasteiger partial charge < -0.3 is 15.2 Å². The van der Waals surface area contributed by atoms with E-state index in [1.807, 2.05) is 19.1 Å². The maximum atomic E-state index is 9.50. The molecule has 0 aromatic heterocycles. The zero-order valence-electron chi connectivity index (χ0n) is 11.9. The normalized spacial score (nSPS) is 23.7. The summed E-state index contributed by atoms with van der Waals surface area (Å²) in [6.45, 7) is 2.93. The van der Waals surface area contributed by atoms with Gasteiger partial charge in [-0.05, 0) is 49.8 Å². The van der Waals surface area contributed by atoms with Gasteiger partial charge in [-0.2, -0.15) is 0 Å². The number of para-hydroxylation sites is 1. The zero-order valence-corrected chi connectivity index (χ0v) is 11.9. The summed E-state index contributed by atoms with van der Waals surface area (Å²) >= 11 is 0. The number of aliphatic hydroxyl groups is 1.